The molecular weight excluding hydrogens is 496 g/mol. The number of hydrogen-bond acceptors (Lipinski definition) is 3. The third-order valence-electron chi connectivity index (χ3n) is 7.88. The number of hydrogen-bond donors (Lipinski definition) is 1. The maximum absolute atomic E-state index is 10.4. The molecule has 0 bridgehead atoms. The Kier molecular flexibility index (Phi) is 8.92. The summed E-state index contributed by atoms with van der Waals surface area (Å²) >= 11 is 0. The van der Waals surface area contributed by atoms with Gasteiger partial charge in [-0.15, -0.1) is 0 Å². The first-order chi connectivity index (χ1) is 18.6. The third-order valence-corrected chi connectivity index (χ3v) is 12.9. The van der Waals surface area contributed by atoms with E-state index < -0.39 is 20.5 Å². The number of ether oxygens (including phenoxy) is 1. The summed E-state index contributed by atoms with van der Waals surface area (Å²) in [6.45, 7) is 17.9. The Morgan fingerprint density at radius 2 is 1.49 bits per heavy atom. The van der Waals surface area contributed by atoms with Gasteiger partial charge in [0, 0.05) is 0 Å². The van der Waals surface area contributed by atoms with Crippen molar-refractivity contribution in [2.45, 2.75) is 58.8 Å². The van der Waals surface area contributed by atoms with Crippen molar-refractivity contribution in [3.63, 3.8) is 0 Å². The Morgan fingerprint density at radius 3 is 1.97 bits per heavy atom. The average molecular weight is 539 g/mol. The van der Waals surface area contributed by atoms with Gasteiger partial charge in [0.1, 0.15) is 6.10 Å². The number of allylic oxidation sites excluding steroid dienone is 1. The SMILES string of the molecule is C=C(C1=C(C)[C@H](O[Si](c2ccccc2)(c2ccccc2)C(C)(C)C)[C@@H](CO)OC1)/C(C)=C\c1ccc(C)cc1. The van der Waals surface area contributed by atoms with E-state index in [4.69, 9.17) is 9.16 Å². The van der Waals surface area contributed by atoms with Gasteiger partial charge in [0.25, 0.3) is 8.32 Å². The monoisotopic (exact) mass is 538 g/mol. The van der Waals surface area contributed by atoms with Gasteiger partial charge in [-0.3, -0.25) is 0 Å². The minimum absolute atomic E-state index is 0.113. The molecule has 0 spiro atoms. The normalized spacial score (nSPS) is 18.8. The minimum atomic E-state index is -2.86. The van der Waals surface area contributed by atoms with Crippen LogP contribution in [-0.4, -0.2) is 38.8 Å². The average Bonchev–Trinajstić information content (AvgIpc) is 2.93. The summed E-state index contributed by atoms with van der Waals surface area (Å²) in [6, 6.07) is 29.7. The highest BCUT2D eigenvalue weighted by Gasteiger charge is 2.53. The van der Waals surface area contributed by atoms with E-state index in [-0.39, 0.29) is 11.6 Å². The van der Waals surface area contributed by atoms with E-state index in [0.29, 0.717) is 6.61 Å². The molecule has 4 heteroatoms. The second-order valence-corrected chi connectivity index (χ2v) is 15.9. The van der Waals surface area contributed by atoms with Crippen LogP contribution in [0.3, 0.4) is 0 Å². The Bertz CT molecular complexity index is 1290. The Hall–Kier alpha value is -3.02. The Balaban J connectivity index is 1.82. The smallest absolute Gasteiger partial charge is 0.262 e. The van der Waals surface area contributed by atoms with E-state index in [9.17, 15) is 5.11 Å². The lowest BCUT2D eigenvalue weighted by Gasteiger charge is -2.47. The molecule has 0 unspecified atom stereocenters. The van der Waals surface area contributed by atoms with Crippen LogP contribution in [0.4, 0.5) is 0 Å². The van der Waals surface area contributed by atoms with Gasteiger partial charge in [-0.2, -0.15) is 0 Å². The maximum Gasteiger partial charge on any atom is 0.262 e. The van der Waals surface area contributed by atoms with Gasteiger partial charge in [0.2, 0.25) is 0 Å². The number of aliphatic hydroxyl groups is 1. The predicted octanol–water partition coefficient (Wildman–Crippen LogP) is 6.61. The lowest BCUT2D eigenvalue weighted by molar-refractivity contribution is -0.0465. The molecule has 1 heterocycles. The summed E-state index contributed by atoms with van der Waals surface area (Å²) < 4.78 is 13.8. The van der Waals surface area contributed by atoms with E-state index in [0.717, 1.165) is 27.9 Å². The van der Waals surface area contributed by atoms with Crippen LogP contribution in [0.1, 0.15) is 45.7 Å². The summed E-state index contributed by atoms with van der Waals surface area (Å²) in [5.74, 6) is 0. The van der Waals surface area contributed by atoms with Crippen LogP contribution in [0.5, 0.6) is 0 Å². The zero-order valence-corrected chi connectivity index (χ0v) is 25.2. The quantitative estimate of drug-likeness (QED) is 0.259. The molecule has 2 atom stereocenters. The van der Waals surface area contributed by atoms with Gasteiger partial charge in [-0.05, 0) is 64.0 Å². The van der Waals surface area contributed by atoms with Crippen molar-refractivity contribution < 1.29 is 14.3 Å². The zero-order chi connectivity index (χ0) is 28.2. The molecule has 1 N–H and O–H groups in total. The Morgan fingerprint density at radius 1 is 0.949 bits per heavy atom. The molecule has 3 nitrogen and oxygen atoms in total. The number of aryl methyl sites for hydroxylation is 1. The molecule has 4 rings (SSSR count). The molecule has 204 valence electrons. The summed E-state index contributed by atoms with van der Waals surface area (Å²) in [5, 5.41) is 12.6. The Labute approximate surface area is 235 Å². The molecule has 0 aromatic heterocycles. The maximum atomic E-state index is 10.4. The summed E-state index contributed by atoms with van der Waals surface area (Å²) in [6.07, 6.45) is 1.30. The van der Waals surface area contributed by atoms with Crippen molar-refractivity contribution in [1.82, 2.24) is 0 Å². The summed E-state index contributed by atoms with van der Waals surface area (Å²) in [7, 11) is -2.86. The van der Waals surface area contributed by atoms with Crippen LogP contribution in [-0.2, 0) is 9.16 Å². The third kappa shape index (κ3) is 5.95. The molecule has 0 saturated heterocycles. The summed E-state index contributed by atoms with van der Waals surface area (Å²) in [5.41, 5.74) is 6.53. The van der Waals surface area contributed by atoms with Crippen molar-refractivity contribution in [2.24, 2.45) is 0 Å². The van der Waals surface area contributed by atoms with Gasteiger partial charge in [-0.25, -0.2) is 0 Å². The molecule has 0 saturated carbocycles. The van der Waals surface area contributed by atoms with E-state index in [1.807, 2.05) is 12.1 Å². The van der Waals surface area contributed by atoms with E-state index >= 15 is 0 Å². The van der Waals surface area contributed by atoms with Crippen LogP contribution in [0.2, 0.25) is 5.04 Å². The van der Waals surface area contributed by atoms with E-state index in [2.05, 4.69) is 127 Å². The van der Waals surface area contributed by atoms with Crippen molar-refractivity contribution in [3.8, 4) is 0 Å². The van der Waals surface area contributed by atoms with Gasteiger partial charge in [0.15, 0.2) is 0 Å². The highest BCUT2D eigenvalue weighted by Crippen LogP contribution is 2.40. The topological polar surface area (TPSA) is 38.7 Å². The molecule has 0 fully saturated rings. The molecule has 0 amide bonds. The lowest BCUT2D eigenvalue weighted by atomic mass is 9.90. The highest BCUT2D eigenvalue weighted by atomic mass is 28.4. The molecular formula is C35H42O3Si. The zero-order valence-electron chi connectivity index (χ0n) is 24.2. The van der Waals surface area contributed by atoms with Gasteiger partial charge in [0.05, 0.1) is 19.3 Å². The van der Waals surface area contributed by atoms with Gasteiger partial charge in [-0.1, -0.05) is 124 Å². The van der Waals surface area contributed by atoms with Crippen LogP contribution in [0, 0.1) is 6.92 Å². The van der Waals surface area contributed by atoms with Crippen molar-refractivity contribution >= 4 is 24.8 Å². The van der Waals surface area contributed by atoms with Crippen LogP contribution in [0.25, 0.3) is 6.08 Å². The standard InChI is InChI=1S/C35H42O3Si/c1-25-18-20-29(21-19-25)22-26(2)27(3)32-24-37-33(23-36)34(28(32)4)38-39(35(5,6)7,30-14-10-8-11-15-30)31-16-12-9-13-17-31/h8-22,33-34,36H,3,23-24H2,1-2,4-7H3/b26-22-/t33-,34+/m1/s1. The predicted molar refractivity (Wildman–Crippen MR) is 166 cm³/mol. The fourth-order valence-corrected chi connectivity index (χ4v) is 10.3. The molecule has 1 aliphatic heterocycles. The van der Waals surface area contributed by atoms with Gasteiger partial charge < -0.3 is 14.3 Å². The fourth-order valence-electron chi connectivity index (χ4n) is 5.60. The van der Waals surface area contributed by atoms with E-state index in [1.165, 1.54) is 15.9 Å². The second-order valence-electron chi connectivity index (χ2n) is 11.6. The fraction of sp³-hybridized carbons (Fsp3) is 0.314. The van der Waals surface area contributed by atoms with E-state index in [1.54, 1.807) is 0 Å². The first kappa shape index (κ1) is 29.0. The van der Waals surface area contributed by atoms with Crippen molar-refractivity contribution in [1.29, 1.82) is 0 Å². The van der Waals surface area contributed by atoms with Crippen molar-refractivity contribution in [3.05, 3.63) is 125 Å². The molecule has 39 heavy (non-hydrogen) atoms. The summed E-state index contributed by atoms with van der Waals surface area (Å²) in [4.78, 5) is 0. The molecule has 3 aromatic carbocycles. The minimum Gasteiger partial charge on any atom is -0.398 e. The van der Waals surface area contributed by atoms with Gasteiger partial charge >= 0.3 is 0 Å². The molecule has 3 aromatic rings. The number of aliphatic hydroxyl groups excluding tert-OH is 1. The first-order valence-corrected chi connectivity index (χ1v) is 15.6. The highest BCUT2D eigenvalue weighted by molar-refractivity contribution is 6.99. The van der Waals surface area contributed by atoms with Crippen LogP contribution in [0.15, 0.2) is 114 Å². The van der Waals surface area contributed by atoms with Crippen LogP contribution >= 0.6 is 0 Å². The second kappa shape index (κ2) is 12.0. The van der Waals surface area contributed by atoms with Crippen molar-refractivity contribution in [2.75, 3.05) is 13.2 Å². The first-order valence-electron chi connectivity index (χ1n) is 13.7. The largest absolute Gasteiger partial charge is 0.398 e. The number of rotatable bonds is 8. The molecule has 0 aliphatic carbocycles. The lowest BCUT2D eigenvalue weighted by Crippen LogP contribution is -2.69. The van der Waals surface area contributed by atoms with Crippen LogP contribution < -0.4 is 10.4 Å². The molecule has 0 radical (unpaired) electrons. The molecule has 1 aliphatic rings. The number of benzene rings is 3.